The lowest BCUT2D eigenvalue weighted by Gasteiger charge is -2.33. The Morgan fingerprint density at radius 3 is 1.41 bits per heavy atom. The predicted octanol–water partition coefficient (Wildman–Crippen LogP) is 1.70. The van der Waals surface area contributed by atoms with E-state index in [4.69, 9.17) is 50.0 Å². The number of hydrogen-bond donors (Lipinski definition) is 0. The molecule has 10 heteroatoms. The Hall–Kier alpha value is -2.75. The zero-order valence-corrected chi connectivity index (χ0v) is 16.3. The first-order valence-electron chi connectivity index (χ1n) is 9.14. The maximum atomic E-state index is 8.79. The van der Waals surface area contributed by atoms with E-state index in [9.17, 15) is 0 Å². The molecular formula is C19H25N5O5. The van der Waals surface area contributed by atoms with E-state index in [0.717, 1.165) is 0 Å². The Morgan fingerprint density at radius 1 is 0.517 bits per heavy atom. The zero-order valence-electron chi connectivity index (χ0n) is 16.3. The summed E-state index contributed by atoms with van der Waals surface area (Å²) in [6.07, 6.45) is -1.79. The lowest BCUT2D eigenvalue weighted by Crippen LogP contribution is -2.47. The molecule has 0 aliphatic rings. The largest absolute Gasteiger partial charge is 0.378 e. The molecule has 0 aliphatic heterocycles. The number of nitrogens with zero attached hydrogens (tertiary/aromatic N) is 5. The summed E-state index contributed by atoms with van der Waals surface area (Å²) in [5.74, 6) is 0. The molecule has 0 aliphatic carbocycles. The summed E-state index contributed by atoms with van der Waals surface area (Å²) in [4.78, 5) is 0. The third-order valence-electron chi connectivity index (χ3n) is 3.34. The highest BCUT2D eigenvalue weighted by molar-refractivity contribution is 4.80. The van der Waals surface area contributed by atoms with E-state index in [1.807, 2.05) is 30.3 Å². The molecule has 0 saturated carbocycles. The van der Waals surface area contributed by atoms with Gasteiger partial charge in [-0.2, -0.15) is 26.3 Å². The molecule has 0 heterocycles. The van der Waals surface area contributed by atoms with Crippen LogP contribution in [0.15, 0.2) is 0 Å². The van der Waals surface area contributed by atoms with Gasteiger partial charge in [-0.05, 0) is 0 Å². The summed E-state index contributed by atoms with van der Waals surface area (Å²) in [6.45, 7) is 0.581. The van der Waals surface area contributed by atoms with E-state index in [-0.39, 0.29) is 71.7 Å². The van der Waals surface area contributed by atoms with Crippen LogP contribution in [0.25, 0.3) is 0 Å². The molecule has 0 saturated heterocycles. The van der Waals surface area contributed by atoms with Crippen molar-refractivity contribution in [2.75, 3.05) is 39.6 Å². The summed E-state index contributed by atoms with van der Waals surface area (Å²) in [7, 11) is 0. The second-order valence-electron chi connectivity index (χ2n) is 5.47. The summed E-state index contributed by atoms with van der Waals surface area (Å²) in [6, 6.07) is 9.84. The maximum absolute atomic E-state index is 8.79. The molecule has 0 rings (SSSR count). The van der Waals surface area contributed by atoms with E-state index < -0.39 is 18.5 Å². The van der Waals surface area contributed by atoms with Gasteiger partial charge in [-0.15, -0.1) is 0 Å². The zero-order chi connectivity index (χ0) is 21.6. The number of ether oxygens (including phenoxy) is 5. The van der Waals surface area contributed by atoms with Crippen LogP contribution in [-0.4, -0.2) is 58.1 Å². The van der Waals surface area contributed by atoms with Crippen molar-refractivity contribution in [1.29, 1.82) is 26.3 Å². The minimum atomic E-state index is -0.970. The third-order valence-corrected chi connectivity index (χ3v) is 3.34. The van der Waals surface area contributed by atoms with Crippen LogP contribution in [0.3, 0.4) is 0 Å². The molecule has 0 spiro atoms. The first-order chi connectivity index (χ1) is 14.2. The van der Waals surface area contributed by atoms with Crippen LogP contribution in [-0.2, 0) is 23.7 Å². The van der Waals surface area contributed by atoms with Gasteiger partial charge in [-0.1, -0.05) is 0 Å². The molecule has 0 aromatic carbocycles. The molecule has 29 heavy (non-hydrogen) atoms. The number of nitriles is 5. The summed E-state index contributed by atoms with van der Waals surface area (Å²) < 4.78 is 28.2. The van der Waals surface area contributed by atoms with Crippen LogP contribution < -0.4 is 0 Å². The second-order valence-corrected chi connectivity index (χ2v) is 5.47. The average Bonchev–Trinajstić information content (AvgIpc) is 2.73. The van der Waals surface area contributed by atoms with Gasteiger partial charge in [-0.25, -0.2) is 0 Å². The van der Waals surface area contributed by atoms with Crippen LogP contribution in [0.2, 0.25) is 0 Å². The lowest BCUT2D eigenvalue weighted by molar-refractivity contribution is -0.239. The van der Waals surface area contributed by atoms with Crippen molar-refractivity contribution < 1.29 is 23.7 Å². The molecule has 0 amide bonds. The minimum absolute atomic E-state index is 0.0457. The molecule has 0 aromatic heterocycles. The van der Waals surface area contributed by atoms with Gasteiger partial charge < -0.3 is 23.7 Å². The van der Waals surface area contributed by atoms with Gasteiger partial charge in [0.1, 0.15) is 12.2 Å². The van der Waals surface area contributed by atoms with Gasteiger partial charge in [0.2, 0.25) is 0 Å². The minimum Gasteiger partial charge on any atom is -0.378 e. The van der Waals surface area contributed by atoms with Gasteiger partial charge in [0.25, 0.3) is 0 Å². The van der Waals surface area contributed by atoms with E-state index >= 15 is 0 Å². The molecule has 10 nitrogen and oxygen atoms in total. The normalized spacial score (nSPS) is 12.1. The Kier molecular flexibility index (Phi) is 18.1. The van der Waals surface area contributed by atoms with Crippen molar-refractivity contribution in [3.05, 3.63) is 0 Å². The molecule has 0 N–H and O–H groups in total. The van der Waals surface area contributed by atoms with E-state index in [0.29, 0.717) is 0 Å². The fourth-order valence-electron chi connectivity index (χ4n) is 2.09. The maximum Gasteiger partial charge on any atom is 0.186 e. The Morgan fingerprint density at radius 2 is 0.931 bits per heavy atom. The lowest BCUT2D eigenvalue weighted by atomic mass is 10.2. The quantitative estimate of drug-likeness (QED) is 0.243. The Labute approximate surface area is 171 Å². The smallest absolute Gasteiger partial charge is 0.186 e. The highest BCUT2D eigenvalue weighted by Gasteiger charge is 2.33. The van der Waals surface area contributed by atoms with Crippen molar-refractivity contribution >= 4 is 0 Å². The molecule has 2 atom stereocenters. The molecule has 0 bridgehead atoms. The van der Waals surface area contributed by atoms with E-state index in [1.165, 1.54) is 0 Å². The summed E-state index contributed by atoms with van der Waals surface area (Å²) in [5, 5.41) is 43.7. The van der Waals surface area contributed by atoms with Crippen molar-refractivity contribution in [1.82, 2.24) is 0 Å². The molecular weight excluding hydrogens is 378 g/mol. The predicted molar refractivity (Wildman–Crippen MR) is 97.1 cm³/mol. The summed E-state index contributed by atoms with van der Waals surface area (Å²) >= 11 is 0. The first-order valence-corrected chi connectivity index (χ1v) is 9.14. The van der Waals surface area contributed by atoms with Crippen LogP contribution in [0.5, 0.6) is 0 Å². The third kappa shape index (κ3) is 14.0. The van der Waals surface area contributed by atoms with Crippen LogP contribution >= 0.6 is 0 Å². The average molecular weight is 403 g/mol. The second kappa shape index (κ2) is 20.0. The standard InChI is InChI=1S/C19H25N5O5/c20-6-1-11-25-16-17(26-12-2-7-21)18(27-13-3-8-22)19(28-14-4-9-23)29-15-5-10-24/h17-19H,1-5,11-16H2. The van der Waals surface area contributed by atoms with Crippen LogP contribution in [0.1, 0.15) is 32.1 Å². The number of hydrogen-bond acceptors (Lipinski definition) is 10. The molecule has 0 radical (unpaired) electrons. The van der Waals surface area contributed by atoms with E-state index in [2.05, 4.69) is 0 Å². The molecule has 0 fully saturated rings. The van der Waals surface area contributed by atoms with Crippen molar-refractivity contribution in [2.45, 2.75) is 50.6 Å². The fourth-order valence-corrected chi connectivity index (χ4v) is 2.09. The topological polar surface area (TPSA) is 165 Å². The van der Waals surface area contributed by atoms with Crippen molar-refractivity contribution in [3.8, 4) is 30.3 Å². The van der Waals surface area contributed by atoms with Crippen molar-refractivity contribution in [3.63, 3.8) is 0 Å². The van der Waals surface area contributed by atoms with Crippen molar-refractivity contribution in [2.24, 2.45) is 0 Å². The van der Waals surface area contributed by atoms with Crippen LogP contribution in [0.4, 0.5) is 0 Å². The van der Waals surface area contributed by atoms with Gasteiger partial charge in [0, 0.05) is 0 Å². The van der Waals surface area contributed by atoms with E-state index in [1.54, 1.807) is 0 Å². The number of rotatable bonds is 18. The van der Waals surface area contributed by atoms with Gasteiger partial charge in [0.05, 0.1) is 102 Å². The van der Waals surface area contributed by atoms with Gasteiger partial charge in [0.15, 0.2) is 6.29 Å². The molecule has 0 aromatic rings. The highest BCUT2D eigenvalue weighted by atomic mass is 16.7. The fraction of sp³-hybridized carbons (Fsp3) is 0.737. The first kappa shape index (κ1) is 26.2. The summed E-state index contributed by atoms with van der Waals surface area (Å²) in [5.41, 5.74) is 0. The monoisotopic (exact) mass is 403 g/mol. The van der Waals surface area contributed by atoms with Gasteiger partial charge >= 0.3 is 0 Å². The molecule has 2 unspecified atom stereocenters. The Balaban J connectivity index is 5.33. The Bertz CT molecular complexity index is 605. The highest BCUT2D eigenvalue weighted by Crippen LogP contribution is 2.16. The molecule has 156 valence electrons. The van der Waals surface area contributed by atoms with Gasteiger partial charge in [-0.3, -0.25) is 0 Å². The van der Waals surface area contributed by atoms with Crippen LogP contribution in [0, 0.1) is 56.7 Å². The SMILES string of the molecule is N#CCCOCC(OCCC#N)C(OCCC#N)C(OCCC#N)OCCC#N.